The van der Waals surface area contributed by atoms with Crippen LogP contribution in [0.3, 0.4) is 0 Å². The summed E-state index contributed by atoms with van der Waals surface area (Å²) >= 11 is 0. The van der Waals surface area contributed by atoms with Gasteiger partial charge < -0.3 is 20.1 Å². The lowest BCUT2D eigenvalue weighted by molar-refractivity contribution is 0.0951. The van der Waals surface area contributed by atoms with Gasteiger partial charge in [0.2, 0.25) is 0 Å². The van der Waals surface area contributed by atoms with E-state index in [0.717, 1.165) is 5.56 Å². The smallest absolute Gasteiger partial charge is 0.328 e. The molecule has 0 heterocycles. The normalized spacial score (nSPS) is 11.5. The average molecular weight is 506 g/mol. The third-order valence-electron chi connectivity index (χ3n) is 5.22. The molecule has 0 atom stereocenters. The molecule has 3 amide bonds. The summed E-state index contributed by atoms with van der Waals surface area (Å²) in [5, 5.41) is 5.09. The molecule has 0 radical (unpaired) electrons. The third kappa shape index (κ3) is 7.61. The second-order valence-corrected chi connectivity index (χ2v) is 10.6. The van der Waals surface area contributed by atoms with E-state index < -0.39 is 16.1 Å². The van der Waals surface area contributed by atoms with E-state index in [2.05, 4.69) is 31.4 Å². The van der Waals surface area contributed by atoms with Crippen LogP contribution in [0.1, 0.15) is 55.6 Å². The molecule has 10 heteroatoms. The Morgan fingerprint density at radius 3 is 2.31 bits per heavy atom. The Morgan fingerprint density at radius 1 is 1.03 bits per heavy atom. The number of rotatable bonds is 10. The van der Waals surface area contributed by atoms with Crippen LogP contribution in [0, 0.1) is 0 Å². The monoisotopic (exact) mass is 505 g/mol. The van der Waals surface area contributed by atoms with Crippen LogP contribution in [-0.4, -0.2) is 47.7 Å². The van der Waals surface area contributed by atoms with Gasteiger partial charge >= 0.3 is 6.03 Å². The second kappa shape index (κ2) is 11.9. The highest BCUT2D eigenvalue weighted by atomic mass is 32.2. The molecule has 0 bridgehead atoms. The van der Waals surface area contributed by atoms with E-state index in [1.54, 1.807) is 18.2 Å². The molecule has 2 aromatic carbocycles. The molecule has 0 spiro atoms. The summed E-state index contributed by atoms with van der Waals surface area (Å²) in [6.07, 6.45) is 1.06. The van der Waals surface area contributed by atoms with E-state index in [4.69, 9.17) is 9.47 Å². The van der Waals surface area contributed by atoms with Crippen molar-refractivity contribution in [3.8, 4) is 11.5 Å². The number of amides is 3. The number of carbonyl (C=O) groups excluding carboxylic acids is 2. The Kier molecular flexibility index (Phi) is 9.53. The SMILES string of the molecule is CCCOc1ccc(CCNC(=O)c2cc(C(C)(C)C)ccc2OC)cc1S(=O)(=O)NC(=O)NC. The van der Waals surface area contributed by atoms with Crippen LogP contribution in [-0.2, 0) is 21.9 Å². The molecule has 9 nitrogen and oxygen atoms in total. The van der Waals surface area contributed by atoms with Crippen molar-refractivity contribution in [3.63, 3.8) is 0 Å². The maximum atomic E-state index is 12.9. The van der Waals surface area contributed by atoms with Crippen LogP contribution in [0.15, 0.2) is 41.3 Å². The number of hydrogen-bond donors (Lipinski definition) is 3. The predicted octanol–water partition coefficient (Wildman–Crippen LogP) is 3.37. The van der Waals surface area contributed by atoms with Gasteiger partial charge in [0.15, 0.2) is 0 Å². The molecule has 2 aromatic rings. The first-order chi connectivity index (χ1) is 16.4. The van der Waals surface area contributed by atoms with Gasteiger partial charge in [-0.3, -0.25) is 4.79 Å². The Morgan fingerprint density at radius 2 is 1.71 bits per heavy atom. The van der Waals surface area contributed by atoms with Gasteiger partial charge in [-0.1, -0.05) is 39.8 Å². The molecule has 2 rings (SSSR count). The molecular formula is C25H35N3O6S. The Hall–Kier alpha value is -3.27. The Balaban J connectivity index is 2.21. The fraction of sp³-hybridized carbons (Fsp3) is 0.440. The van der Waals surface area contributed by atoms with Crippen molar-refractivity contribution >= 4 is 22.0 Å². The summed E-state index contributed by atoms with van der Waals surface area (Å²) in [5.74, 6) is 0.339. The van der Waals surface area contributed by atoms with Crippen molar-refractivity contribution in [2.45, 2.75) is 50.8 Å². The van der Waals surface area contributed by atoms with Crippen LogP contribution >= 0.6 is 0 Å². The molecule has 192 valence electrons. The summed E-state index contributed by atoms with van der Waals surface area (Å²) in [4.78, 5) is 24.4. The third-order valence-corrected chi connectivity index (χ3v) is 6.58. The maximum absolute atomic E-state index is 12.9. The first-order valence-corrected chi connectivity index (χ1v) is 12.9. The van der Waals surface area contributed by atoms with E-state index in [0.29, 0.717) is 36.3 Å². The van der Waals surface area contributed by atoms with Crippen molar-refractivity contribution < 1.29 is 27.5 Å². The van der Waals surface area contributed by atoms with Crippen LogP contribution in [0.2, 0.25) is 0 Å². The number of benzene rings is 2. The quantitative estimate of drug-likeness (QED) is 0.455. The highest BCUT2D eigenvalue weighted by molar-refractivity contribution is 7.90. The molecule has 0 saturated heterocycles. The summed E-state index contributed by atoms with van der Waals surface area (Å²) < 4.78 is 38.4. The number of ether oxygens (including phenoxy) is 2. The zero-order chi connectivity index (χ0) is 26.2. The summed E-state index contributed by atoms with van der Waals surface area (Å²) in [6, 6.07) is 9.42. The van der Waals surface area contributed by atoms with Gasteiger partial charge in [0.05, 0.1) is 19.3 Å². The Bertz CT molecular complexity index is 1160. The van der Waals surface area contributed by atoms with Crippen molar-refractivity contribution in [2.75, 3.05) is 27.3 Å². The molecule has 3 N–H and O–H groups in total. The molecule has 35 heavy (non-hydrogen) atoms. The van der Waals surface area contributed by atoms with Gasteiger partial charge in [0.1, 0.15) is 16.4 Å². The van der Waals surface area contributed by atoms with Gasteiger partial charge in [0, 0.05) is 13.6 Å². The van der Waals surface area contributed by atoms with Gasteiger partial charge in [-0.2, -0.15) is 0 Å². The molecule has 0 fully saturated rings. The van der Waals surface area contributed by atoms with Gasteiger partial charge in [-0.05, 0) is 53.6 Å². The van der Waals surface area contributed by atoms with E-state index in [-0.39, 0.29) is 28.5 Å². The molecule has 0 aliphatic rings. The number of carbonyl (C=O) groups is 2. The van der Waals surface area contributed by atoms with Crippen LogP contribution in [0.4, 0.5) is 4.79 Å². The minimum absolute atomic E-state index is 0.131. The van der Waals surface area contributed by atoms with Crippen molar-refractivity contribution in [1.29, 1.82) is 0 Å². The zero-order valence-electron chi connectivity index (χ0n) is 21.2. The molecule has 0 aliphatic carbocycles. The van der Waals surface area contributed by atoms with Crippen molar-refractivity contribution in [3.05, 3.63) is 53.1 Å². The molecular weight excluding hydrogens is 470 g/mol. The predicted molar refractivity (Wildman–Crippen MR) is 135 cm³/mol. The lowest BCUT2D eigenvalue weighted by Crippen LogP contribution is -2.37. The van der Waals surface area contributed by atoms with E-state index in [9.17, 15) is 18.0 Å². The van der Waals surface area contributed by atoms with E-state index >= 15 is 0 Å². The molecule has 0 aromatic heterocycles. The van der Waals surface area contributed by atoms with Crippen molar-refractivity contribution in [2.24, 2.45) is 0 Å². The highest BCUT2D eigenvalue weighted by Crippen LogP contribution is 2.28. The summed E-state index contributed by atoms with van der Waals surface area (Å²) in [6.45, 7) is 8.69. The number of nitrogens with one attached hydrogen (secondary N) is 3. The van der Waals surface area contributed by atoms with Crippen LogP contribution in [0.5, 0.6) is 11.5 Å². The molecule has 0 aliphatic heterocycles. The minimum Gasteiger partial charge on any atom is -0.496 e. The van der Waals surface area contributed by atoms with Crippen LogP contribution < -0.4 is 24.8 Å². The largest absolute Gasteiger partial charge is 0.496 e. The fourth-order valence-electron chi connectivity index (χ4n) is 3.24. The van der Waals surface area contributed by atoms with E-state index in [1.165, 1.54) is 20.2 Å². The average Bonchev–Trinajstić information content (AvgIpc) is 2.81. The number of hydrogen-bond acceptors (Lipinski definition) is 6. The number of sulfonamides is 1. The maximum Gasteiger partial charge on any atom is 0.328 e. The van der Waals surface area contributed by atoms with Crippen LogP contribution in [0.25, 0.3) is 0 Å². The Labute approximate surface area is 207 Å². The first-order valence-electron chi connectivity index (χ1n) is 11.4. The zero-order valence-corrected chi connectivity index (χ0v) is 22.0. The van der Waals surface area contributed by atoms with Gasteiger partial charge in [0.25, 0.3) is 15.9 Å². The lowest BCUT2D eigenvalue weighted by atomic mass is 9.86. The summed E-state index contributed by atoms with van der Waals surface area (Å²) in [7, 11) is -1.32. The molecule has 0 saturated carbocycles. The molecule has 0 unspecified atom stereocenters. The highest BCUT2D eigenvalue weighted by Gasteiger charge is 2.23. The minimum atomic E-state index is -4.16. The number of urea groups is 1. The van der Waals surface area contributed by atoms with Crippen molar-refractivity contribution in [1.82, 2.24) is 15.4 Å². The second-order valence-electron chi connectivity index (χ2n) is 8.99. The topological polar surface area (TPSA) is 123 Å². The first kappa shape index (κ1) is 28.0. The number of methoxy groups -OCH3 is 1. The fourth-order valence-corrected chi connectivity index (χ4v) is 4.40. The standard InChI is InChI=1S/C25H35N3O6S/c1-7-14-34-21-10-8-17(15-22(21)35(31,32)28-24(30)26-5)12-13-27-23(29)19-16-18(25(2,3)4)9-11-20(19)33-6/h8-11,15-16H,7,12-14H2,1-6H3,(H,27,29)(H2,26,28,30). The van der Waals surface area contributed by atoms with Gasteiger partial charge in [-0.15, -0.1) is 0 Å². The summed E-state index contributed by atoms with van der Waals surface area (Å²) in [5.41, 5.74) is 1.96. The van der Waals surface area contributed by atoms with E-state index in [1.807, 2.05) is 23.8 Å². The van der Waals surface area contributed by atoms with Gasteiger partial charge in [-0.25, -0.2) is 17.9 Å². The lowest BCUT2D eigenvalue weighted by Gasteiger charge is -2.21.